The van der Waals surface area contributed by atoms with E-state index >= 15 is 0 Å². The number of halogens is 1. The van der Waals surface area contributed by atoms with Gasteiger partial charge in [0.2, 0.25) is 0 Å². The van der Waals surface area contributed by atoms with E-state index in [9.17, 15) is 9.18 Å². The first-order valence-electron chi connectivity index (χ1n) is 7.43. The SMILES string of the molecule is CC.CNc1cccn(C2CCN(CCF)CC2)c1=O. The maximum atomic E-state index is 12.3. The number of alkyl halides is 1. The second kappa shape index (κ2) is 8.74. The maximum absolute atomic E-state index is 12.3. The fourth-order valence-corrected chi connectivity index (χ4v) is 2.53. The lowest BCUT2D eigenvalue weighted by molar-refractivity contribution is 0.173. The molecule has 1 aliphatic rings. The van der Waals surface area contributed by atoms with Gasteiger partial charge in [0.05, 0.1) is 0 Å². The highest BCUT2D eigenvalue weighted by Crippen LogP contribution is 2.21. The molecular formula is C15H26FN3O. The summed E-state index contributed by atoms with van der Waals surface area (Å²) < 4.78 is 14.1. The Kier molecular flexibility index (Phi) is 7.30. The van der Waals surface area contributed by atoms with Crippen LogP contribution in [0.3, 0.4) is 0 Å². The van der Waals surface area contributed by atoms with Crippen LogP contribution in [0.2, 0.25) is 0 Å². The lowest BCUT2D eigenvalue weighted by Crippen LogP contribution is -2.38. The Morgan fingerprint density at radius 1 is 1.35 bits per heavy atom. The minimum absolute atomic E-state index is 0.0314. The Morgan fingerprint density at radius 3 is 2.55 bits per heavy atom. The number of aromatic nitrogens is 1. The summed E-state index contributed by atoms with van der Waals surface area (Å²) >= 11 is 0. The quantitative estimate of drug-likeness (QED) is 0.922. The van der Waals surface area contributed by atoms with Crippen LogP contribution in [0.4, 0.5) is 10.1 Å². The van der Waals surface area contributed by atoms with Crippen molar-refractivity contribution in [3.63, 3.8) is 0 Å². The van der Waals surface area contributed by atoms with Gasteiger partial charge in [-0.2, -0.15) is 0 Å². The van der Waals surface area contributed by atoms with Gasteiger partial charge in [0.25, 0.3) is 5.56 Å². The molecule has 2 heterocycles. The van der Waals surface area contributed by atoms with Crippen LogP contribution in [0.1, 0.15) is 32.7 Å². The molecular weight excluding hydrogens is 257 g/mol. The second-order valence-corrected chi connectivity index (χ2v) is 4.65. The first-order valence-corrected chi connectivity index (χ1v) is 7.43. The Balaban J connectivity index is 0.000000956. The van der Waals surface area contributed by atoms with Crippen LogP contribution in [0, 0.1) is 0 Å². The summed E-state index contributed by atoms with van der Waals surface area (Å²) in [5.41, 5.74) is 0.660. The van der Waals surface area contributed by atoms with Crippen LogP contribution in [-0.2, 0) is 0 Å². The van der Waals surface area contributed by atoms with Crippen LogP contribution >= 0.6 is 0 Å². The molecule has 1 aromatic heterocycles. The smallest absolute Gasteiger partial charge is 0.274 e. The van der Waals surface area contributed by atoms with Gasteiger partial charge in [-0.05, 0) is 25.0 Å². The van der Waals surface area contributed by atoms with Crippen molar-refractivity contribution in [1.82, 2.24) is 9.47 Å². The van der Waals surface area contributed by atoms with Gasteiger partial charge in [-0.15, -0.1) is 0 Å². The molecule has 2 rings (SSSR count). The third-order valence-corrected chi connectivity index (χ3v) is 3.60. The van der Waals surface area contributed by atoms with Gasteiger partial charge in [-0.25, -0.2) is 4.39 Å². The number of nitrogens with zero attached hydrogens (tertiary/aromatic N) is 2. The van der Waals surface area contributed by atoms with E-state index in [0.29, 0.717) is 12.2 Å². The summed E-state index contributed by atoms with van der Waals surface area (Å²) in [6.07, 6.45) is 3.67. The zero-order chi connectivity index (χ0) is 15.0. The van der Waals surface area contributed by atoms with Gasteiger partial charge in [0.1, 0.15) is 12.4 Å². The lowest BCUT2D eigenvalue weighted by atomic mass is 10.0. The largest absolute Gasteiger partial charge is 0.384 e. The van der Waals surface area contributed by atoms with Gasteiger partial charge < -0.3 is 14.8 Å². The fourth-order valence-electron chi connectivity index (χ4n) is 2.53. The summed E-state index contributed by atoms with van der Waals surface area (Å²) in [5, 5.41) is 2.91. The number of hydrogen-bond acceptors (Lipinski definition) is 3. The van der Waals surface area contributed by atoms with Crippen molar-refractivity contribution < 1.29 is 4.39 Å². The number of hydrogen-bond donors (Lipinski definition) is 1. The minimum Gasteiger partial charge on any atom is -0.384 e. The average molecular weight is 283 g/mol. The standard InChI is InChI=1S/C13H20FN3O.C2H6/c1-15-12-3-2-7-17(13(12)18)11-4-8-16(9-5-11)10-6-14;1-2/h2-3,7,11,15H,4-6,8-10H2,1H3;1-2H3. The number of nitrogens with one attached hydrogen (secondary N) is 1. The van der Waals surface area contributed by atoms with E-state index in [-0.39, 0.29) is 18.3 Å². The molecule has 1 fully saturated rings. The summed E-state index contributed by atoms with van der Waals surface area (Å²) in [6, 6.07) is 3.92. The molecule has 0 spiro atoms. The number of piperidine rings is 1. The van der Waals surface area contributed by atoms with Crippen molar-refractivity contribution in [1.29, 1.82) is 0 Å². The molecule has 4 nitrogen and oxygen atoms in total. The Morgan fingerprint density at radius 2 is 2.00 bits per heavy atom. The molecule has 0 unspecified atom stereocenters. The normalized spacial score (nSPS) is 16.4. The van der Waals surface area contributed by atoms with Crippen LogP contribution < -0.4 is 10.9 Å². The maximum Gasteiger partial charge on any atom is 0.274 e. The van der Waals surface area contributed by atoms with E-state index < -0.39 is 0 Å². The predicted molar refractivity (Wildman–Crippen MR) is 82.3 cm³/mol. The molecule has 1 N–H and O–H groups in total. The molecule has 0 atom stereocenters. The Bertz CT molecular complexity index is 439. The molecule has 5 heteroatoms. The first kappa shape index (κ1) is 16.7. The van der Waals surface area contributed by atoms with Crippen molar-refractivity contribution in [3.8, 4) is 0 Å². The van der Waals surface area contributed by atoms with Crippen LogP contribution in [0.5, 0.6) is 0 Å². The van der Waals surface area contributed by atoms with Crippen LogP contribution in [0.25, 0.3) is 0 Å². The third-order valence-electron chi connectivity index (χ3n) is 3.60. The number of rotatable bonds is 4. The molecule has 0 aliphatic carbocycles. The van der Waals surface area contributed by atoms with Gasteiger partial charge in [0, 0.05) is 38.9 Å². The predicted octanol–water partition coefficient (Wildman–Crippen LogP) is 2.52. The van der Waals surface area contributed by atoms with E-state index in [1.165, 1.54) is 0 Å². The highest BCUT2D eigenvalue weighted by Gasteiger charge is 2.21. The van der Waals surface area contributed by atoms with E-state index in [1.54, 1.807) is 17.7 Å². The average Bonchev–Trinajstić information content (AvgIpc) is 2.51. The van der Waals surface area contributed by atoms with Gasteiger partial charge in [0.15, 0.2) is 0 Å². The number of pyridine rings is 1. The summed E-state index contributed by atoms with van der Waals surface area (Å²) in [7, 11) is 1.75. The van der Waals surface area contributed by atoms with Crippen molar-refractivity contribution in [2.24, 2.45) is 0 Å². The van der Waals surface area contributed by atoms with Gasteiger partial charge in [-0.1, -0.05) is 13.8 Å². The Hall–Kier alpha value is -1.36. The molecule has 1 saturated heterocycles. The molecule has 1 aromatic rings. The molecule has 0 saturated carbocycles. The molecule has 0 amide bonds. The van der Waals surface area contributed by atoms with Crippen molar-refractivity contribution >= 4 is 5.69 Å². The lowest BCUT2D eigenvalue weighted by Gasteiger charge is -2.32. The topological polar surface area (TPSA) is 37.3 Å². The molecule has 114 valence electrons. The van der Waals surface area contributed by atoms with Crippen molar-refractivity contribution in [2.45, 2.75) is 32.7 Å². The highest BCUT2D eigenvalue weighted by atomic mass is 19.1. The molecule has 0 aromatic carbocycles. The van der Waals surface area contributed by atoms with Gasteiger partial charge >= 0.3 is 0 Å². The van der Waals surface area contributed by atoms with E-state index in [2.05, 4.69) is 10.2 Å². The van der Waals surface area contributed by atoms with E-state index in [0.717, 1.165) is 25.9 Å². The molecule has 0 bridgehead atoms. The monoisotopic (exact) mass is 283 g/mol. The highest BCUT2D eigenvalue weighted by molar-refractivity contribution is 5.39. The zero-order valence-corrected chi connectivity index (χ0v) is 12.7. The van der Waals surface area contributed by atoms with Gasteiger partial charge in [-0.3, -0.25) is 4.79 Å². The number of anilines is 1. The van der Waals surface area contributed by atoms with E-state index in [4.69, 9.17) is 0 Å². The third kappa shape index (κ3) is 4.07. The number of likely N-dealkylation sites (tertiary alicyclic amines) is 1. The zero-order valence-electron chi connectivity index (χ0n) is 12.7. The summed E-state index contributed by atoms with van der Waals surface area (Å²) in [5.74, 6) is 0. The summed E-state index contributed by atoms with van der Waals surface area (Å²) in [6.45, 7) is 5.95. The minimum atomic E-state index is -0.292. The second-order valence-electron chi connectivity index (χ2n) is 4.65. The first-order chi connectivity index (χ1) is 9.76. The molecule has 0 radical (unpaired) electrons. The summed E-state index contributed by atoms with van der Waals surface area (Å²) in [4.78, 5) is 14.2. The van der Waals surface area contributed by atoms with Crippen molar-refractivity contribution in [2.75, 3.05) is 38.7 Å². The van der Waals surface area contributed by atoms with E-state index in [1.807, 2.05) is 26.1 Å². The van der Waals surface area contributed by atoms with Crippen molar-refractivity contribution in [3.05, 3.63) is 28.7 Å². The fraction of sp³-hybridized carbons (Fsp3) is 0.667. The van der Waals surface area contributed by atoms with Crippen LogP contribution in [0.15, 0.2) is 23.1 Å². The molecule has 20 heavy (non-hydrogen) atoms. The van der Waals surface area contributed by atoms with Crippen LogP contribution in [-0.4, -0.2) is 42.8 Å². The molecule has 1 aliphatic heterocycles. The Labute approximate surface area is 120 Å².